The molecule has 0 aliphatic heterocycles. The highest BCUT2D eigenvalue weighted by Crippen LogP contribution is 2.43. The fourth-order valence-electron chi connectivity index (χ4n) is 8.48. The molecule has 72 heavy (non-hydrogen) atoms. The van der Waals surface area contributed by atoms with Crippen molar-refractivity contribution in [2.45, 2.75) is 303 Å². The zero-order chi connectivity index (χ0) is 52.7. The van der Waals surface area contributed by atoms with E-state index in [9.17, 15) is 28.9 Å². The van der Waals surface area contributed by atoms with E-state index in [1.54, 1.807) is 0 Å². The summed E-state index contributed by atoms with van der Waals surface area (Å²) in [4.78, 5) is 48.5. The molecule has 3 atom stereocenters. The summed E-state index contributed by atoms with van der Waals surface area (Å²) in [6, 6.07) is 0. The smallest absolute Gasteiger partial charge is 0.462 e. The van der Waals surface area contributed by atoms with Crippen LogP contribution in [0.1, 0.15) is 290 Å². The normalized spacial score (nSPS) is 13.6. The third-order valence-corrected chi connectivity index (χ3v) is 14.0. The summed E-state index contributed by atoms with van der Waals surface area (Å²) >= 11 is 0. The molecule has 422 valence electrons. The molecule has 12 heteroatoms. The second-order valence-electron chi connectivity index (χ2n) is 20.2. The maximum atomic E-state index is 12.9. The van der Waals surface area contributed by atoms with Crippen molar-refractivity contribution in [3.63, 3.8) is 0 Å². The third kappa shape index (κ3) is 52.6. The molecule has 0 rings (SSSR count). The quantitative estimate of drug-likeness (QED) is 0.0197. The highest BCUT2D eigenvalue weighted by atomic mass is 31.2. The first kappa shape index (κ1) is 69.7. The average molecular weight is 1040 g/mol. The molecule has 0 heterocycles. The van der Waals surface area contributed by atoms with Gasteiger partial charge in [0.25, 0.3) is 0 Å². The predicted molar refractivity (Wildman–Crippen MR) is 298 cm³/mol. The number of phosphoric acid groups is 1. The van der Waals surface area contributed by atoms with Gasteiger partial charge in [-0.25, -0.2) is 4.57 Å². The molecule has 0 saturated heterocycles. The number of aliphatic hydroxyl groups is 1. The van der Waals surface area contributed by atoms with Crippen molar-refractivity contribution < 1.29 is 52.2 Å². The SMILES string of the molecule is CCCCC/C=C\C/C=C\C/C=C\CCCCCCCCC(=O)OCC(COP(=O)(O)OCC(CO)OC(=O)CCCCCCCCCCCCCCC)OC(=O)CCCCCCCCCCCCCCC. The van der Waals surface area contributed by atoms with Crippen LogP contribution in [0.2, 0.25) is 0 Å². The van der Waals surface area contributed by atoms with Crippen LogP contribution < -0.4 is 0 Å². The number of esters is 3. The van der Waals surface area contributed by atoms with Crippen LogP contribution in [0.15, 0.2) is 36.5 Å². The van der Waals surface area contributed by atoms with Crippen LogP contribution in [0, 0.1) is 0 Å². The molecule has 2 N–H and O–H groups in total. The zero-order valence-electron chi connectivity index (χ0n) is 46.7. The molecule has 0 radical (unpaired) electrons. The Morgan fingerprint density at radius 2 is 0.681 bits per heavy atom. The van der Waals surface area contributed by atoms with Crippen molar-refractivity contribution >= 4 is 25.7 Å². The highest BCUT2D eigenvalue weighted by Gasteiger charge is 2.28. The van der Waals surface area contributed by atoms with Crippen molar-refractivity contribution in [3.05, 3.63) is 36.5 Å². The monoisotopic (exact) mass is 1040 g/mol. The molecule has 11 nitrogen and oxygen atoms in total. The molecule has 3 unspecified atom stereocenters. The van der Waals surface area contributed by atoms with E-state index in [0.29, 0.717) is 19.3 Å². The van der Waals surface area contributed by atoms with Gasteiger partial charge in [-0.15, -0.1) is 0 Å². The van der Waals surface area contributed by atoms with E-state index < -0.39 is 57.8 Å². The van der Waals surface area contributed by atoms with Gasteiger partial charge in [-0.2, -0.15) is 0 Å². The summed E-state index contributed by atoms with van der Waals surface area (Å²) < 4.78 is 39.5. The molecule has 0 amide bonds. The Morgan fingerprint density at radius 3 is 1.07 bits per heavy atom. The van der Waals surface area contributed by atoms with Crippen LogP contribution in [0.25, 0.3) is 0 Å². The maximum Gasteiger partial charge on any atom is 0.472 e. The minimum absolute atomic E-state index is 0.170. The van der Waals surface area contributed by atoms with E-state index in [1.165, 1.54) is 141 Å². The largest absolute Gasteiger partial charge is 0.472 e. The number of carbonyl (C=O) groups is 3. The van der Waals surface area contributed by atoms with E-state index >= 15 is 0 Å². The number of carbonyl (C=O) groups excluding carboxylic acids is 3. The average Bonchev–Trinajstić information content (AvgIpc) is 3.37. The van der Waals surface area contributed by atoms with Gasteiger partial charge in [0, 0.05) is 19.3 Å². The third-order valence-electron chi connectivity index (χ3n) is 13.1. The first-order chi connectivity index (χ1) is 35.2. The zero-order valence-corrected chi connectivity index (χ0v) is 47.6. The lowest BCUT2D eigenvalue weighted by Crippen LogP contribution is -2.30. The van der Waals surface area contributed by atoms with Crippen molar-refractivity contribution in [2.75, 3.05) is 26.4 Å². The predicted octanol–water partition coefficient (Wildman–Crippen LogP) is 17.6. The van der Waals surface area contributed by atoms with E-state index in [-0.39, 0.29) is 25.9 Å². The van der Waals surface area contributed by atoms with Gasteiger partial charge in [-0.1, -0.05) is 250 Å². The van der Waals surface area contributed by atoms with E-state index in [1.807, 2.05) is 0 Å². The summed E-state index contributed by atoms with van der Waals surface area (Å²) in [6.45, 7) is 4.64. The maximum absolute atomic E-state index is 12.9. The molecule has 0 aromatic rings. The van der Waals surface area contributed by atoms with Crippen LogP contribution in [-0.2, 0) is 42.2 Å². The fraction of sp³-hybridized carbons (Fsp3) is 0.850. The second-order valence-corrected chi connectivity index (χ2v) is 21.6. The highest BCUT2D eigenvalue weighted by molar-refractivity contribution is 7.47. The Kier molecular flexibility index (Phi) is 53.2. The van der Waals surface area contributed by atoms with Crippen LogP contribution in [0.4, 0.5) is 0 Å². The standard InChI is InChI=1S/C60H111O11P/c1-4-7-10-13-16-19-22-25-26-27-28-29-30-33-34-37-40-43-46-49-58(62)67-53-57(71-60(64)51-48-45-42-39-36-32-24-21-18-15-12-9-6-3)55-69-72(65,66)68-54-56(52-61)70-59(63)50-47-44-41-38-35-31-23-20-17-14-11-8-5-2/h16,19,25-26,28-29,56-57,61H,4-15,17-18,20-24,27,30-55H2,1-3H3,(H,65,66)/b19-16-,26-25-,29-28-. The van der Waals surface area contributed by atoms with Crippen LogP contribution in [0.3, 0.4) is 0 Å². The summed E-state index contributed by atoms with van der Waals surface area (Å²) in [7, 11) is -4.74. The van der Waals surface area contributed by atoms with Crippen molar-refractivity contribution in [2.24, 2.45) is 0 Å². The molecule has 0 aromatic heterocycles. The summed E-state index contributed by atoms with van der Waals surface area (Å²) in [5, 5.41) is 9.81. The van der Waals surface area contributed by atoms with Gasteiger partial charge in [0.15, 0.2) is 6.10 Å². The number of unbranched alkanes of at least 4 members (excludes halogenated alkanes) is 33. The Hall–Kier alpha value is -2.30. The van der Waals surface area contributed by atoms with E-state index in [0.717, 1.165) is 89.9 Å². The van der Waals surface area contributed by atoms with Gasteiger partial charge in [0.05, 0.1) is 19.8 Å². The molecule has 0 fully saturated rings. The lowest BCUT2D eigenvalue weighted by molar-refractivity contribution is -0.161. The number of allylic oxidation sites excluding steroid dienone is 6. The number of ether oxygens (including phenoxy) is 3. The lowest BCUT2D eigenvalue weighted by Gasteiger charge is -2.21. The molecule has 0 aromatic carbocycles. The van der Waals surface area contributed by atoms with Crippen molar-refractivity contribution in [1.29, 1.82) is 0 Å². The van der Waals surface area contributed by atoms with Gasteiger partial charge < -0.3 is 24.2 Å². The van der Waals surface area contributed by atoms with Gasteiger partial charge in [0.2, 0.25) is 0 Å². The molecule has 0 bridgehead atoms. The van der Waals surface area contributed by atoms with E-state index in [4.69, 9.17) is 23.3 Å². The van der Waals surface area contributed by atoms with Crippen LogP contribution >= 0.6 is 7.82 Å². The van der Waals surface area contributed by atoms with Crippen molar-refractivity contribution in [1.82, 2.24) is 0 Å². The Morgan fingerprint density at radius 1 is 0.389 bits per heavy atom. The Balaban J connectivity index is 4.68. The molecule has 0 saturated carbocycles. The number of phosphoric ester groups is 1. The van der Waals surface area contributed by atoms with Crippen LogP contribution in [0.5, 0.6) is 0 Å². The van der Waals surface area contributed by atoms with Gasteiger partial charge in [-0.05, 0) is 57.8 Å². The number of hydrogen-bond donors (Lipinski definition) is 2. The Bertz CT molecular complexity index is 1350. The number of hydrogen-bond acceptors (Lipinski definition) is 10. The summed E-state index contributed by atoms with van der Waals surface area (Å²) in [6.07, 6.45) is 56.6. The van der Waals surface area contributed by atoms with E-state index in [2.05, 4.69) is 57.2 Å². The minimum atomic E-state index is -4.74. The molecular weight excluding hydrogens is 928 g/mol. The fourth-order valence-corrected chi connectivity index (χ4v) is 9.27. The molecule has 0 aliphatic rings. The summed E-state index contributed by atoms with van der Waals surface area (Å²) in [5.74, 6) is -1.46. The molecule has 0 spiro atoms. The number of rotatable bonds is 56. The minimum Gasteiger partial charge on any atom is -0.462 e. The van der Waals surface area contributed by atoms with Crippen LogP contribution in [-0.4, -0.2) is 66.5 Å². The molecule has 0 aliphatic carbocycles. The first-order valence-electron chi connectivity index (χ1n) is 29.9. The topological polar surface area (TPSA) is 155 Å². The summed E-state index contributed by atoms with van der Waals surface area (Å²) in [5.41, 5.74) is 0. The molecular formula is C60H111O11P. The van der Waals surface area contributed by atoms with Gasteiger partial charge in [0.1, 0.15) is 12.7 Å². The van der Waals surface area contributed by atoms with Gasteiger partial charge in [-0.3, -0.25) is 23.4 Å². The first-order valence-corrected chi connectivity index (χ1v) is 31.4. The Labute approximate surface area is 441 Å². The lowest BCUT2D eigenvalue weighted by atomic mass is 10.0. The van der Waals surface area contributed by atoms with Crippen molar-refractivity contribution in [3.8, 4) is 0 Å². The van der Waals surface area contributed by atoms with Gasteiger partial charge >= 0.3 is 25.7 Å². The number of aliphatic hydroxyl groups excluding tert-OH is 1. The second kappa shape index (κ2) is 54.9.